The maximum Gasteiger partial charge on any atom is 0.326 e. The molecule has 1 fully saturated rings. The van der Waals surface area contributed by atoms with Crippen LogP contribution in [0.25, 0.3) is 6.08 Å². The minimum atomic E-state index is -0.429. The van der Waals surface area contributed by atoms with Crippen molar-refractivity contribution >= 4 is 23.5 Å². The van der Waals surface area contributed by atoms with Crippen LogP contribution in [0.2, 0.25) is 0 Å². The Morgan fingerprint density at radius 2 is 1.84 bits per heavy atom. The highest BCUT2D eigenvalue weighted by Gasteiger charge is 2.20. The van der Waals surface area contributed by atoms with Gasteiger partial charge < -0.3 is 24.4 Å². The third-order valence-corrected chi connectivity index (χ3v) is 5.67. The first kappa shape index (κ1) is 20.4. The molecule has 1 aliphatic heterocycles. The zero-order valence-electron chi connectivity index (χ0n) is 18.4. The van der Waals surface area contributed by atoms with E-state index in [4.69, 9.17) is 9.26 Å². The molecule has 1 saturated heterocycles. The predicted octanol–water partition coefficient (Wildman–Crippen LogP) is 4.16. The van der Waals surface area contributed by atoms with Gasteiger partial charge in [0.1, 0.15) is 17.4 Å². The van der Waals surface area contributed by atoms with Crippen molar-refractivity contribution in [3.8, 4) is 11.8 Å². The van der Waals surface area contributed by atoms with Crippen LogP contribution < -0.4 is 15.0 Å². The molecule has 0 bridgehead atoms. The number of aromatic nitrogens is 3. The van der Waals surface area contributed by atoms with E-state index in [9.17, 15) is 4.39 Å². The van der Waals surface area contributed by atoms with Gasteiger partial charge in [0.05, 0.1) is 0 Å². The molecule has 0 spiro atoms. The van der Waals surface area contributed by atoms with Gasteiger partial charge in [0.15, 0.2) is 17.4 Å². The van der Waals surface area contributed by atoms with E-state index < -0.39 is 5.82 Å². The predicted molar refractivity (Wildman–Crippen MR) is 120 cm³/mol. The second-order valence-corrected chi connectivity index (χ2v) is 8.38. The lowest BCUT2D eigenvalue weighted by Crippen LogP contribution is -2.44. The monoisotopic (exact) mass is 436 g/mol. The maximum atomic E-state index is 14.7. The first-order chi connectivity index (χ1) is 15.4. The van der Waals surface area contributed by atoms with Gasteiger partial charge in [0.25, 0.3) is 0 Å². The molecule has 166 valence electrons. The van der Waals surface area contributed by atoms with E-state index in [1.165, 1.54) is 11.6 Å². The number of nitrogens with one attached hydrogen (secondary N) is 1. The highest BCUT2D eigenvalue weighted by atomic mass is 19.1. The molecule has 2 aliphatic rings. The standard InChI is InChI=1S/C23H25FN6O2/c1-14-8-16-11-18(24)19(12-17(16)9-14)31-23-26-20(25-21-10-15(2)32-28-21)13-22(27-23)30-6-4-29(3)5-7-30/h9-13H,4-8H2,1-3H3,(H,25,26,27,28). The van der Waals surface area contributed by atoms with E-state index in [0.717, 1.165) is 43.7 Å². The molecule has 9 heteroatoms. The Kier molecular flexibility index (Phi) is 5.26. The largest absolute Gasteiger partial charge is 0.421 e. The molecule has 0 saturated carbocycles. The Balaban J connectivity index is 1.47. The summed E-state index contributed by atoms with van der Waals surface area (Å²) in [4.78, 5) is 13.5. The molecule has 1 aliphatic carbocycles. The van der Waals surface area contributed by atoms with Crippen LogP contribution in [0.3, 0.4) is 0 Å². The molecular formula is C23H25FN6O2. The van der Waals surface area contributed by atoms with Gasteiger partial charge >= 0.3 is 6.01 Å². The second-order valence-electron chi connectivity index (χ2n) is 8.38. The topological polar surface area (TPSA) is 79.5 Å². The van der Waals surface area contributed by atoms with Gasteiger partial charge in [-0.2, -0.15) is 9.97 Å². The van der Waals surface area contributed by atoms with E-state index in [-0.39, 0.29) is 11.8 Å². The molecule has 0 amide bonds. The Hall–Kier alpha value is -3.46. The highest BCUT2D eigenvalue weighted by Crippen LogP contribution is 2.33. The molecule has 0 radical (unpaired) electrons. The number of ether oxygens (including phenoxy) is 1. The summed E-state index contributed by atoms with van der Waals surface area (Å²) in [6, 6.07) is 6.92. The van der Waals surface area contributed by atoms with Gasteiger partial charge in [-0.05, 0) is 50.6 Å². The Bertz CT molecular complexity index is 1180. The average Bonchev–Trinajstić information content (AvgIpc) is 3.32. The van der Waals surface area contributed by atoms with Crippen LogP contribution in [0.4, 0.5) is 21.8 Å². The van der Waals surface area contributed by atoms with Crippen molar-refractivity contribution in [2.75, 3.05) is 43.4 Å². The minimum absolute atomic E-state index is 0.0710. The van der Waals surface area contributed by atoms with Crippen LogP contribution in [0.1, 0.15) is 23.8 Å². The third kappa shape index (κ3) is 4.29. The molecule has 1 aromatic carbocycles. The molecule has 1 N–H and O–H groups in total. The van der Waals surface area contributed by atoms with Crippen LogP contribution in [-0.2, 0) is 6.42 Å². The van der Waals surface area contributed by atoms with Crippen molar-refractivity contribution in [1.82, 2.24) is 20.0 Å². The molecule has 32 heavy (non-hydrogen) atoms. The van der Waals surface area contributed by atoms with Crippen molar-refractivity contribution in [3.05, 3.63) is 52.5 Å². The highest BCUT2D eigenvalue weighted by molar-refractivity contribution is 5.65. The molecule has 8 nitrogen and oxygen atoms in total. The quantitative estimate of drug-likeness (QED) is 0.639. The Morgan fingerprint density at radius 1 is 1.03 bits per heavy atom. The summed E-state index contributed by atoms with van der Waals surface area (Å²) >= 11 is 0. The SMILES string of the molecule is CC1=Cc2cc(Oc3nc(Nc4cc(C)on4)cc(N4CCN(C)CC4)n3)c(F)cc2C1. The van der Waals surface area contributed by atoms with Gasteiger partial charge in [0.2, 0.25) is 0 Å². The van der Waals surface area contributed by atoms with Crippen molar-refractivity contribution in [2.24, 2.45) is 0 Å². The molecule has 0 unspecified atom stereocenters. The molecule has 5 rings (SSSR count). The van der Waals surface area contributed by atoms with Crippen molar-refractivity contribution < 1.29 is 13.7 Å². The zero-order valence-corrected chi connectivity index (χ0v) is 18.4. The number of benzene rings is 1. The van der Waals surface area contributed by atoms with E-state index in [1.807, 2.05) is 26.0 Å². The maximum absolute atomic E-state index is 14.7. The summed E-state index contributed by atoms with van der Waals surface area (Å²) in [7, 11) is 2.10. The van der Waals surface area contributed by atoms with E-state index >= 15 is 0 Å². The molecular weight excluding hydrogens is 411 g/mol. The number of piperazine rings is 1. The van der Waals surface area contributed by atoms with Crippen LogP contribution in [0, 0.1) is 12.7 Å². The lowest BCUT2D eigenvalue weighted by molar-refractivity contribution is 0.311. The fourth-order valence-corrected chi connectivity index (χ4v) is 3.97. The van der Waals surface area contributed by atoms with Crippen LogP contribution in [0.5, 0.6) is 11.8 Å². The summed E-state index contributed by atoms with van der Waals surface area (Å²) in [5, 5.41) is 7.09. The smallest absolute Gasteiger partial charge is 0.326 e. The number of nitrogens with zero attached hydrogens (tertiary/aromatic N) is 5. The normalized spacial score (nSPS) is 16.1. The zero-order chi connectivity index (χ0) is 22.2. The number of rotatable bonds is 5. The summed E-state index contributed by atoms with van der Waals surface area (Å²) in [6.07, 6.45) is 2.80. The molecule has 0 atom stereocenters. The summed E-state index contributed by atoms with van der Waals surface area (Å²) in [5.74, 6) is 2.09. The van der Waals surface area contributed by atoms with E-state index in [0.29, 0.717) is 23.2 Å². The number of aryl methyl sites for hydroxylation is 1. The van der Waals surface area contributed by atoms with Gasteiger partial charge in [0, 0.05) is 38.3 Å². The van der Waals surface area contributed by atoms with Gasteiger partial charge in [-0.3, -0.25) is 0 Å². The van der Waals surface area contributed by atoms with Gasteiger partial charge in [-0.1, -0.05) is 16.8 Å². The van der Waals surface area contributed by atoms with Crippen LogP contribution in [0.15, 0.2) is 34.4 Å². The van der Waals surface area contributed by atoms with Crippen molar-refractivity contribution in [3.63, 3.8) is 0 Å². The minimum Gasteiger partial charge on any atom is -0.421 e. The van der Waals surface area contributed by atoms with Crippen molar-refractivity contribution in [1.29, 1.82) is 0 Å². The number of allylic oxidation sites excluding steroid dienone is 1. The van der Waals surface area contributed by atoms with Gasteiger partial charge in [-0.15, -0.1) is 0 Å². The van der Waals surface area contributed by atoms with Gasteiger partial charge in [-0.25, -0.2) is 4.39 Å². The van der Waals surface area contributed by atoms with E-state index in [2.05, 4.69) is 37.3 Å². The second kappa shape index (κ2) is 8.23. The Morgan fingerprint density at radius 3 is 2.59 bits per heavy atom. The average molecular weight is 436 g/mol. The summed E-state index contributed by atoms with van der Waals surface area (Å²) in [6.45, 7) is 7.35. The molecule has 3 heterocycles. The first-order valence-electron chi connectivity index (χ1n) is 10.6. The lowest BCUT2D eigenvalue weighted by atomic mass is 10.1. The number of hydrogen-bond acceptors (Lipinski definition) is 8. The summed E-state index contributed by atoms with van der Waals surface area (Å²) < 4.78 is 25.7. The number of likely N-dealkylation sites (N-methyl/N-ethyl adjacent to an activating group) is 1. The number of anilines is 3. The van der Waals surface area contributed by atoms with Crippen LogP contribution >= 0.6 is 0 Å². The number of hydrogen-bond donors (Lipinski definition) is 1. The van der Waals surface area contributed by atoms with E-state index in [1.54, 1.807) is 12.1 Å². The summed E-state index contributed by atoms with van der Waals surface area (Å²) in [5.41, 5.74) is 3.12. The van der Waals surface area contributed by atoms with Crippen LogP contribution in [-0.4, -0.2) is 53.3 Å². The fourth-order valence-electron chi connectivity index (χ4n) is 3.97. The fraction of sp³-hybridized carbons (Fsp3) is 0.348. The third-order valence-electron chi connectivity index (χ3n) is 5.67. The Labute approximate surface area is 185 Å². The first-order valence-corrected chi connectivity index (χ1v) is 10.6. The molecule has 2 aromatic heterocycles. The number of halogens is 1. The molecule has 3 aromatic rings. The van der Waals surface area contributed by atoms with Crippen molar-refractivity contribution in [2.45, 2.75) is 20.3 Å². The number of fused-ring (bicyclic) bond motifs is 1. The lowest BCUT2D eigenvalue weighted by Gasteiger charge is -2.33.